The lowest BCUT2D eigenvalue weighted by Gasteiger charge is -2.28. The van der Waals surface area contributed by atoms with Crippen molar-refractivity contribution in [3.05, 3.63) is 60.1 Å². The lowest BCUT2D eigenvalue weighted by molar-refractivity contribution is 0.182. The molecular weight excluding hydrogens is 260 g/mol. The van der Waals surface area contributed by atoms with Crippen molar-refractivity contribution in [2.45, 2.75) is 32.0 Å². The third-order valence-electron chi connectivity index (χ3n) is 4.28. The molecule has 2 heterocycles. The normalized spacial score (nSPS) is 19.4. The summed E-state index contributed by atoms with van der Waals surface area (Å²) in [4.78, 5) is 5.03. The van der Waals surface area contributed by atoms with Crippen LogP contribution in [0.1, 0.15) is 24.0 Å². The number of nitrogens with zero attached hydrogens (tertiary/aromatic N) is 2. The minimum atomic E-state index is 0.669. The molecule has 0 N–H and O–H groups in total. The molecule has 112 valence electrons. The van der Waals surface area contributed by atoms with Gasteiger partial charge in [-0.3, -0.25) is 4.90 Å². The molecule has 1 saturated heterocycles. The molecule has 0 aliphatic carbocycles. The van der Waals surface area contributed by atoms with Gasteiger partial charge in [-0.25, -0.2) is 0 Å². The van der Waals surface area contributed by atoms with Crippen molar-refractivity contribution >= 4 is 0 Å². The summed E-state index contributed by atoms with van der Waals surface area (Å²) in [5.74, 6) is 0. The average Bonchev–Trinajstić information content (AvgIpc) is 3.13. The van der Waals surface area contributed by atoms with E-state index in [9.17, 15) is 0 Å². The van der Waals surface area contributed by atoms with Gasteiger partial charge >= 0.3 is 0 Å². The molecule has 0 unspecified atom stereocenters. The molecule has 1 aliphatic rings. The molecule has 0 bridgehead atoms. The maximum atomic E-state index is 5.15. The molecule has 0 spiro atoms. The molecular formula is C18H24N2O. The summed E-state index contributed by atoms with van der Waals surface area (Å²) >= 11 is 0. The van der Waals surface area contributed by atoms with Crippen molar-refractivity contribution in [1.82, 2.24) is 9.80 Å². The van der Waals surface area contributed by atoms with Crippen LogP contribution in [-0.4, -0.2) is 36.0 Å². The highest BCUT2D eigenvalue weighted by molar-refractivity contribution is 5.15. The van der Waals surface area contributed by atoms with Gasteiger partial charge in [0.2, 0.25) is 0 Å². The van der Waals surface area contributed by atoms with Gasteiger partial charge in [-0.05, 0) is 38.1 Å². The Morgan fingerprint density at radius 1 is 1.19 bits per heavy atom. The van der Waals surface area contributed by atoms with Crippen LogP contribution in [0.5, 0.6) is 0 Å². The topological polar surface area (TPSA) is 19.6 Å². The predicted octanol–water partition coefficient (Wildman–Crippen LogP) is 3.38. The lowest BCUT2D eigenvalue weighted by atomic mass is 10.1. The van der Waals surface area contributed by atoms with Crippen molar-refractivity contribution < 1.29 is 4.42 Å². The molecule has 3 rings (SSSR count). The molecule has 0 saturated carbocycles. The maximum Gasteiger partial charge on any atom is 0.0947 e. The predicted molar refractivity (Wildman–Crippen MR) is 84.9 cm³/mol. The third kappa shape index (κ3) is 3.96. The number of hydrogen-bond donors (Lipinski definition) is 0. The monoisotopic (exact) mass is 284 g/mol. The lowest BCUT2D eigenvalue weighted by Crippen LogP contribution is -2.38. The van der Waals surface area contributed by atoms with Gasteiger partial charge < -0.3 is 9.32 Å². The van der Waals surface area contributed by atoms with Crippen molar-refractivity contribution in [3.8, 4) is 0 Å². The fourth-order valence-electron chi connectivity index (χ4n) is 3.25. The fraction of sp³-hybridized carbons (Fsp3) is 0.444. The van der Waals surface area contributed by atoms with E-state index in [1.54, 1.807) is 6.26 Å². The van der Waals surface area contributed by atoms with E-state index in [2.05, 4.69) is 47.2 Å². The van der Waals surface area contributed by atoms with Gasteiger partial charge in [0.15, 0.2) is 0 Å². The zero-order valence-corrected chi connectivity index (χ0v) is 12.7. The van der Waals surface area contributed by atoms with Gasteiger partial charge in [0.25, 0.3) is 0 Å². The Morgan fingerprint density at radius 3 is 2.81 bits per heavy atom. The first kappa shape index (κ1) is 14.4. The van der Waals surface area contributed by atoms with Gasteiger partial charge in [-0.2, -0.15) is 0 Å². The SMILES string of the molecule is CN(Cc1ccoc1)C[C@H]1CCCN1Cc1ccccc1. The molecule has 3 heteroatoms. The molecule has 1 aromatic carbocycles. The van der Waals surface area contributed by atoms with E-state index < -0.39 is 0 Å². The zero-order valence-electron chi connectivity index (χ0n) is 12.7. The number of rotatable bonds is 6. The molecule has 21 heavy (non-hydrogen) atoms. The van der Waals surface area contributed by atoms with Crippen LogP contribution in [0.15, 0.2) is 53.3 Å². The van der Waals surface area contributed by atoms with Crippen LogP contribution in [0.25, 0.3) is 0 Å². The molecule has 0 amide bonds. The molecule has 1 aliphatic heterocycles. The van der Waals surface area contributed by atoms with Gasteiger partial charge in [-0.15, -0.1) is 0 Å². The van der Waals surface area contributed by atoms with Gasteiger partial charge in [0.05, 0.1) is 12.5 Å². The van der Waals surface area contributed by atoms with Crippen LogP contribution in [-0.2, 0) is 13.1 Å². The summed E-state index contributed by atoms with van der Waals surface area (Å²) in [6, 6.07) is 13.5. The molecule has 1 fully saturated rings. The highest BCUT2D eigenvalue weighted by Crippen LogP contribution is 2.21. The smallest absolute Gasteiger partial charge is 0.0947 e. The van der Waals surface area contributed by atoms with E-state index in [-0.39, 0.29) is 0 Å². The van der Waals surface area contributed by atoms with Gasteiger partial charge in [0.1, 0.15) is 0 Å². The Morgan fingerprint density at radius 2 is 2.05 bits per heavy atom. The molecule has 3 nitrogen and oxygen atoms in total. The minimum absolute atomic E-state index is 0.669. The molecule has 2 aromatic rings. The summed E-state index contributed by atoms with van der Waals surface area (Å²) in [6.07, 6.45) is 6.22. The quantitative estimate of drug-likeness (QED) is 0.811. The Balaban J connectivity index is 1.54. The molecule has 1 aromatic heterocycles. The first-order valence-electron chi connectivity index (χ1n) is 7.79. The van der Waals surface area contributed by atoms with Crippen LogP contribution in [0.2, 0.25) is 0 Å². The van der Waals surface area contributed by atoms with Crippen molar-refractivity contribution in [1.29, 1.82) is 0 Å². The van der Waals surface area contributed by atoms with Crippen LogP contribution in [0.4, 0.5) is 0 Å². The number of hydrogen-bond acceptors (Lipinski definition) is 3. The average molecular weight is 284 g/mol. The van der Waals surface area contributed by atoms with Crippen LogP contribution in [0, 0.1) is 0 Å². The minimum Gasteiger partial charge on any atom is -0.472 e. The largest absolute Gasteiger partial charge is 0.472 e. The second-order valence-corrected chi connectivity index (χ2v) is 6.08. The van der Waals surface area contributed by atoms with E-state index in [0.717, 1.165) is 19.6 Å². The van der Waals surface area contributed by atoms with Crippen LogP contribution < -0.4 is 0 Å². The molecule has 1 atom stereocenters. The summed E-state index contributed by atoms with van der Waals surface area (Å²) < 4.78 is 5.15. The van der Waals surface area contributed by atoms with E-state index in [4.69, 9.17) is 4.42 Å². The molecule has 0 radical (unpaired) electrons. The number of likely N-dealkylation sites (N-methyl/N-ethyl adjacent to an activating group) is 1. The Bertz CT molecular complexity index is 523. The summed E-state index contributed by atoms with van der Waals surface area (Å²) in [5, 5.41) is 0. The first-order valence-corrected chi connectivity index (χ1v) is 7.79. The van der Waals surface area contributed by atoms with Gasteiger partial charge in [0, 0.05) is 31.2 Å². The van der Waals surface area contributed by atoms with E-state index in [1.807, 2.05) is 12.3 Å². The van der Waals surface area contributed by atoms with Gasteiger partial charge in [-0.1, -0.05) is 30.3 Å². The Hall–Kier alpha value is -1.58. The van der Waals surface area contributed by atoms with Crippen LogP contribution >= 0.6 is 0 Å². The number of furan rings is 1. The van der Waals surface area contributed by atoms with Crippen molar-refractivity contribution in [3.63, 3.8) is 0 Å². The summed E-state index contributed by atoms with van der Waals surface area (Å²) in [6.45, 7) is 4.38. The highest BCUT2D eigenvalue weighted by atomic mass is 16.3. The Labute approximate surface area is 127 Å². The van der Waals surface area contributed by atoms with Crippen molar-refractivity contribution in [2.24, 2.45) is 0 Å². The number of benzene rings is 1. The summed E-state index contributed by atoms with van der Waals surface area (Å²) in [5.41, 5.74) is 2.67. The number of likely N-dealkylation sites (tertiary alicyclic amines) is 1. The van der Waals surface area contributed by atoms with E-state index in [0.29, 0.717) is 6.04 Å². The standard InChI is InChI=1S/C18H24N2O/c1-19(12-17-9-11-21-15-17)14-18-8-5-10-20(18)13-16-6-3-2-4-7-16/h2-4,6-7,9,11,15,18H,5,8,10,12-14H2,1H3/t18-/m1/s1. The first-order chi connectivity index (χ1) is 10.3. The Kier molecular flexibility index (Phi) is 4.73. The van der Waals surface area contributed by atoms with Crippen LogP contribution in [0.3, 0.4) is 0 Å². The fourth-order valence-corrected chi connectivity index (χ4v) is 3.25. The summed E-state index contributed by atoms with van der Waals surface area (Å²) in [7, 11) is 2.20. The third-order valence-corrected chi connectivity index (χ3v) is 4.28. The van der Waals surface area contributed by atoms with E-state index >= 15 is 0 Å². The second-order valence-electron chi connectivity index (χ2n) is 6.08. The highest BCUT2D eigenvalue weighted by Gasteiger charge is 2.25. The second kappa shape index (κ2) is 6.92. The maximum absolute atomic E-state index is 5.15. The zero-order chi connectivity index (χ0) is 14.5. The van der Waals surface area contributed by atoms with E-state index in [1.165, 1.54) is 30.5 Å². The van der Waals surface area contributed by atoms with Crippen molar-refractivity contribution in [2.75, 3.05) is 20.1 Å².